The summed E-state index contributed by atoms with van der Waals surface area (Å²) in [6, 6.07) is -1.19. The van der Waals surface area contributed by atoms with Crippen LogP contribution in [-0.2, 0) is 47.8 Å². The minimum atomic E-state index is -2.45. The first kappa shape index (κ1) is 53.7. The molecule has 362 valence electrons. The van der Waals surface area contributed by atoms with Crippen molar-refractivity contribution in [2.45, 2.75) is 168 Å². The van der Waals surface area contributed by atoms with Crippen LogP contribution in [0.2, 0.25) is 0 Å². The maximum atomic E-state index is 14.3. The topological polar surface area (TPSA) is 211 Å². The fourth-order valence-electron chi connectivity index (χ4n) is 10.1. The zero-order valence-corrected chi connectivity index (χ0v) is 39.8. The zero-order valence-electron chi connectivity index (χ0n) is 39.8. The summed E-state index contributed by atoms with van der Waals surface area (Å²) in [5, 5.41) is 33.6. The first-order chi connectivity index (χ1) is 30.7. The highest BCUT2D eigenvalue weighted by atomic mass is 16.6. The number of Topliss-reactive ketones (excluding diaryl/α,β-unsaturated/α-hetero) is 3. The molecule has 1 saturated carbocycles. The Hall–Kier alpha value is -3.95. The minimum Gasteiger partial charge on any atom is -0.460 e. The molecule has 1 aliphatic carbocycles. The van der Waals surface area contributed by atoms with Crippen LogP contribution in [0.5, 0.6) is 0 Å². The fraction of sp³-hybridized carbons (Fsp3) is 0.706. The number of aliphatic hydroxyl groups excluding tert-OH is 2. The second-order valence-electron chi connectivity index (χ2n) is 19.6. The lowest BCUT2D eigenvalue weighted by Gasteiger charge is -2.42. The lowest BCUT2D eigenvalue weighted by atomic mass is 9.75. The summed E-state index contributed by atoms with van der Waals surface area (Å²) >= 11 is 0. The number of esters is 1. The van der Waals surface area contributed by atoms with Crippen molar-refractivity contribution in [3.8, 4) is 0 Å². The van der Waals surface area contributed by atoms with Crippen molar-refractivity contribution >= 4 is 41.8 Å². The van der Waals surface area contributed by atoms with E-state index in [1.54, 1.807) is 34.8 Å². The standard InChI is InChI=1S/C51H75NO13/c1-30-14-10-9-11-15-31(2)44(63-8)26-39-19-17-36(7)51(62,65-39)48(59)49(60)52-21-13-12-16-41(52)50(61)64-45(33(4)24-37-18-20-42(55)38(25-37)28-53)27-43(56)32(3)23-35(6)47(58)40(29-54)46(57)34(5)22-30/h9-11,14-15,23,28-30,32-34,36-42,44-45,47,55,58,62H,12-13,16-22,24-27H2,1-8H3/b11-9?,14-10+,31-15?,35-23+/t30-,32-,33-,34-,36-,37+,38+,39+,40+,41+,42-,44+,45+,47-,51-/m1/s1. The van der Waals surface area contributed by atoms with E-state index >= 15 is 0 Å². The Morgan fingerprint density at radius 3 is 2.29 bits per heavy atom. The number of ketones is 3. The number of cyclic esters (lactones) is 1. The molecule has 2 saturated heterocycles. The number of methoxy groups -OCH3 is 1. The highest BCUT2D eigenvalue weighted by molar-refractivity contribution is 6.39. The molecule has 4 aliphatic rings. The number of fused-ring (bicyclic) bond motifs is 3. The molecular formula is C51H75NO13. The van der Waals surface area contributed by atoms with Crippen LogP contribution >= 0.6 is 0 Å². The molecule has 0 aromatic carbocycles. The van der Waals surface area contributed by atoms with E-state index in [2.05, 4.69) is 0 Å². The zero-order chi connectivity index (χ0) is 48.2. The minimum absolute atomic E-state index is 0.00990. The van der Waals surface area contributed by atoms with Gasteiger partial charge in [-0.05, 0) is 107 Å². The molecule has 3 N–H and O–H groups in total. The van der Waals surface area contributed by atoms with E-state index < -0.39 is 101 Å². The van der Waals surface area contributed by atoms with Crippen LogP contribution < -0.4 is 0 Å². The summed E-state index contributed by atoms with van der Waals surface area (Å²) in [7, 11) is 1.56. The molecule has 2 bridgehead atoms. The smallest absolute Gasteiger partial charge is 0.329 e. The van der Waals surface area contributed by atoms with E-state index in [0.29, 0.717) is 70.5 Å². The number of nitrogens with zero attached hydrogens (tertiary/aromatic N) is 1. The molecule has 15 atom stereocenters. The normalized spacial score (nSPS) is 39.0. The highest BCUT2D eigenvalue weighted by Crippen LogP contribution is 2.38. The van der Waals surface area contributed by atoms with Gasteiger partial charge >= 0.3 is 5.97 Å². The highest BCUT2D eigenvalue weighted by Gasteiger charge is 2.53. The quantitative estimate of drug-likeness (QED) is 0.0950. The van der Waals surface area contributed by atoms with Crippen LogP contribution in [0.4, 0.5) is 0 Å². The van der Waals surface area contributed by atoms with Gasteiger partial charge in [0.25, 0.3) is 11.7 Å². The van der Waals surface area contributed by atoms with Crippen molar-refractivity contribution in [2.24, 2.45) is 47.3 Å². The number of hydrogen-bond donors (Lipinski definition) is 3. The average Bonchev–Trinajstić information content (AvgIpc) is 3.28. The summed E-state index contributed by atoms with van der Waals surface area (Å²) in [6.07, 6.45) is 12.3. The molecule has 0 aromatic rings. The number of rotatable bonds is 6. The van der Waals surface area contributed by atoms with E-state index in [0.717, 1.165) is 16.8 Å². The van der Waals surface area contributed by atoms with Crippen molar-refractivity contribution in [3.05, 3.63) is 47.6 Å². The number of aldehydes is 2. The van der Waals surface area contributed by atoms with Crippen LogP contribution in [0, 0.1) is 47.3 Å². The number of carbonyl (C=O) groups is 7. The second-order valence-corrected chi connectivity index (χ2v) is 19.6. The summed E-state index contributed by atoms with van der Waals surface area (Å²) in [5.41, 5.74) is 1.11. The first-order valence-corrected chi connectivity index (χ1v) is 23.8. The van der Waals surface area contributed by atoms with Gasteiger partial charge in [0, 0.05) is 50.2 Å². The molecule has 14 nitrogen and oxygen atoms in total. The Labute approximate surface area is 385 Å². The second kappa shape index (κ2) is 24.7. The Balaban J connectivity index is 1.71. The van der Waals surface area contributed by atoms with Gasteiger partial charge in [0.15, 0.2) is 0 Å². The molecule has 4 rings (SSSR count). The number of hydrogen-bond acceptors (Lipinski definition) is 13. The maximum Gasteiger partial charge on any atom is 0.329 e. The predicted octanol–water partition coefficient (Wildman–Crippen LogP) is 5.78. The molecular weight excluding hydrogens is 835 g/mol. The average molecular weight is 910 g/mol. The molecule has 0 radical (unpaired) electrons. The van der Waals surface area contributed by atoms with Crippen molar-refractivity contribution in [1.29, 1.82) is 0 Å². The van der Waals surface area contributed by atoms with Gasteiger partial charge in [-0.15, -0.1) is 0 Å². The van der Waals surface area contributed by atoms with E-state index in [-0.39, 0.29) is 42.6 Å². The van der Waals surface area contributed by atoms with Gasteiger partial charge < -0.3 is 44.0 Å². The van der Waals surface area contributed by atoms with Gasteiger partial charge in [-0.1, -0.05) is 71.1 Å². The predicted molar refractivity (Wildman–Crippen MR) is 243 cm³/mol. The molecule has 1 amide bonds. The van der Waals surface area contributed by atoms with E-state index in [9.17, 15) is 48.9 Å². The number of aliphatic hydroxyl groups is 3. The van der Waals surface area contributed by atoms with Crippen molar-refractivity contribution in [3.63, 3.8) is 0 Å². The van der Waals surface area contributed by atoms with E-state index in [4.69, 9.17) is 14.2 Å². The van der Waals surface area contributed by atoms with Crippen LogP contribution in [0.1, 0.15) is 126 Å². The maximum absolute atomic E-state index is 14.3. The van der Waals surface area contributed by atoms with Crippen molar-refractivity contribution < 1.29 is 63.1 Å². The summed E-state index contributed by atoms with van der Waals surface area (Å²) in [6.45, 7) is 12.3. The van der Waals surface area contributed by atoms with Gasteiger partial charge in [-0.3, -0.25) is 19.2 Å². The lowest BCUT2D eigenvalue weighted by molar-refractivity contribution is -0.265. The SMILES string of the molecule is CO[C@H]1C[C@@H]2CC[C@@H](C)[C@@](O)(O2)C(=O)C(=O)N2CCCC[C@H]2C(=O)O[C@H]([C@H](C)C[C@@H]2CC[C@@H](O)[C@H](C=O)C2)CC(=O)[C@H](C)/C=C(\C)[C@@H](O)[C@@H](C=O)C(=O)[C@H](C)C[C@H](C)/C=C/C=CC=C1C. The molecule has 3 fully saturated rings. The Bertz CT molecular complexity index is 1820. The van der Waals surface area contributed by atoms with Crippen LogP contribution in [0.15, 0.2) is 47.6 Å². The van der Waals surface area contributed by atoms with Gasteiger partial charge in [0.05, 0.1) is 24.4 Å². The molecule has 3 heterocycles. The van der Waals surface area contributed by atoms with Crippen LogP contribution in [0.25, 0.3) is 0 Å². The lowest BCUT2D eigenvalue weighted by Crippen LogP contribution is -2.61. The molecule has 0 unspecified atom stereocenters. The van der Waals surface area contributed by atoms with E-state index in [1.165, 1.54) is 6.08 Å². The Morgan fingerprint density at radius 1 is 0.892 bits per heavy atom. The van der Waals surface area contributed by atoms with Gasteiger partial charge in [0.2, 0.25) is 5.79 Å². The Kier molecular flexibility index (Phi) is 20.4. The van der Waals surface area contributed by atoms with Crippen LogP contribution in [0.3, 0.4) is 0 Å². The third-order valence-electron chi connectivity index (χ3n) is 14.5. The third kappa shape index (κ3) is 14.0. The van der Waals surface area contributed by atoms with Crippen LogP contribution in [-0.4, -0.2) is 118 Å². The van der Waals surface area contributed by atoms with E-state index in [1.807, 2.05) is 51.2 Å². The number of amides is 1. The molecule has 14 heteroatoms. The summed E-state index contributed by atoms with van der Waals surface area (Å²) < 4.78 is 18.1. The van der Waals surface area contributed by atoms with Crippen molar-refractivity contribution in [1.82, 2.24) is 4.90 Å². The number of allylic oxidation sites excluding steroid dienone is 6. The van der Waals surface area contributed by atoms with Gasteiger partial charge in [0.1, 0.15) is 42.2 Å². The monoisotopic (exact) mass is 910 g/mol. The van der Waals surface area contributed by atoms with Crippen molar-refractivity contribution in [2.75, 3.05) is 13.7 Å². The number of piperidine rings is 1. The molecule has 65 heavy (non-hydrogen) atoms. The van der Waals surface area contributed by atoms with Gasteiger partial charge in [-0.25, -0.2) is 4.79 Å². The Morgan fingerprint density at radius 2 is 1.62 bits per heavy atom. The third-order valence-corrected chi connectivity index (χ3v) is 14.5. The molecule has 3 aliphatic heterocycles. The molecule has 0 spiro atoms. The van der Waals surface area contributed by atoms with Gasteiger partial charge in [-0.2, -0.15) is 0 Å². The largest absolute Gasteiger partial charge is 0.460 e. The molecule has 0 aromatic heterocycles. The number of ether oxygens (including phenoxy) is 3. The fourth-order valence-corrected chi connectivity index (χ4v) is 10.1. The first-order valence-electron chi connectivity index (χ1n) is 23.8. The summed E-state index contributed by atoms with van der Waals surface area (Å²) in [5.74, 6) is -10.7. The number of carbonyl (C=O) groups excluding carboxylic acids is 7. The summed E-state index contributed by atoms with van der Waals surface area (Å²) in [4.78, 5) is 95.5.